The quantitative estimate of drug-likeness (QED) is 0.536. The molecule has 0 unspecified atom stereocenters. The third-order valence-corrected chi connectivity index (χ3v) is 1.71. The molecule has 0 bridgehead atoms. The van der Waals surface area contributed by atoms with E-state index in [-0.39, 0.29) is 16.6 Å². The number of halogens is 1. The molecule has 1 N–H and O–H groups in total. The topological polar surface area (TPSA) is 71.8 Å². The number of nitrogens with one attached hydrogen (secondary N) is 1. The van der Waals surface area contributed by atoms with Crippen LogP contribution in [0.4, 0.5) is 10.1 Å². The van der Waals surface area contributed by atoms with Gasteiger partial charge in [-0.3, -0.25) is 15.2 Å². The number of hydrogen-bond donors (Lipinski definition) is 1. The number of H-pyrrole nitrogens is 1. The lowest BCUT2D eigenvalue weighted by atomic mass is 10.2. The fourth-order valence-corrected chi connectivity index (χ4v) is 1.14. The minimum Gasteiger partial charge on any atom is -0.258 e. The molecule has 0 amide bonds. The third kappa shape index (κ3) is 1.03. The van der Waals surface area contributed by atoms with E-state index in [4.69, 9.17) is 0 Å². The van der Waals surface area contributed by atoms with Gasteiger partial charge in [-0.05, 0) is 6.07 Å². The number of benzene rings is 1. The molecule has 13 heavy (non-hydrogen) atoms. The molecule has 66 valence electrons. The zero-order valence-electron chi connectivity index (χ0n) is 6.32. The molecule has 0 atom stereocenters. The molecule has 1 aromatic carbocycles. The van der Waals surface area contributed by atoms with Crippen LogP contribution in [0, 0.1) is 16.1 Å². The van der Waals surface area contributed by atoms with Crippen LogP contribution in [0.15, 0.2) is 18.2 Å². The number of para-hydroxylation sites is 1. The van der Waals surface area contributed by atoms with Gasteiger partial charge >= 0.3 is 0 Å². The zero-order valence-corrected chi connectivity index (χ0v) is 6.32. The summed E-state index contributed by atoms with van der Waals surface area (Å²) in [6.45, 7) is 0. The Balaban J connectivity index is 2.84. The highest BCUT2D eigenvalue weighted by molar-refractivity contribution is 5.86. The molecule has 0 radical (unpaired) electrons. The van der Waals surface area contributed by atoms with Gasteiger partial charge in [0.15, 0.2) is 5.52 Å². The van der Waals surface area contributed by atoms with Crippen LogP contribution in [0.1, 0.15) is 0 Å². The number of fused-ring (bicyclic) bond motifs is 1. The van der Waals surface area contributed by atoms with Gasteiger partial charge in [-0.1, -0.05) is 6.07 Å². The molecule has 0 aliphatic heterocycles. The highest BCUT2D eigenvalue weighted by Gasteiger charge is 2.15. The van der Waals surface area contributed by atoms with Crippen LogP contribution in [0.3, 0.4) is 0 Å². The monoisotopic (exact) mass is 181 g/mol. The maximum Gasteiger partial charge on any atom is 0.297 e. The summed E-state index contributed by atoms with van der Waals surface area (Å²) in [7, 11) is 0. The average molecular weight is 181 g/mol. The summed E-state index contributed by atoms with van der Waals surface area (Å²) in [4.78, 5) is 9.86. The molecule has 2 aromatic rings. The number of nitro benzene ring substituents is 1. The first-order chi connectivity index (χ1) is 6.20. The lowest BCUT2D eigenvalue weighted by Gasteiger charge is -1.90. The molecule has 2 rings (SSSR count). The fraction of sp³-hybridized carbons (Fsp3) is 0. The van der Waals surface area contributed by atoms with Crippen LogP contribution in [-0.2, 0) is 0 Å². The smallest absolute Gasteiger partial charge is 0.258 e. The highest BCUT2D eigenvalue weighted by Crippen LogP contribution is 2.24. The van der Waals surface area contributed by atoms with Crippen LogP contribution in [0.5, 0.6) is 0 Å². The van der Waals surface area contributed by atoms with E-state index in [1.54, 1.807) is 0 Å². The second-order valence-corrected chi connectivity index (χ2v) is 2.47. The number of aromatic amines is 1. The maximum absolute atomic E-state index is 12.8. The summed E-state index contributed by atoms with van der Waals surface area (Å²) in [6, 6.07) is 4.13. The van der Waals surface area contributed by atoms with Gasteiger partial charge in [0, 0.05) is 6.07 Å². The number of aromatic nitrogens is 2. The van der Waals surface area contributed by atoms with E-state index in [1.807, 2.05) is 0 Å². The minimum absolute atomic E-state index is 0.0463. The number of nitro groups is 1. The Labute approximate surface area is 71.3 Å². The Morgan fingerprint density at radius 3 is 3.00 bits per heavy atom. The standard InChI is InChI=1S/C7H4FN3O2/c8-7-4-2-1-3-5(11(12)13)6(4)9-10-7/h1-3H,(H,9,10). The van der Waals surface area contributed by atoms with Crippen molar-refractivity contribution in [1.82, 2.24) is 10.2 Å². The van der Waals surface area contributed by atoms with Crippen LogP contribution in [0.2, 0.25) is 0 Å². The second kappa shape index (κ2) is 2.51. The molecule has 1 aromatic heterocycles. The molecule has 0 saturated heterocycles. The molecular formula is C7H4FN3O2. The average Bonchev–Trinajstić information content (AvgIpc) is 2.48. The van der Waals surface area contributed by atoms with Crippen LogP contribution < -0.4 is 0 Å². The van der Waals surface area contributed by atoms with Crippen molar-refractivity contribution in [3.05, 3.63) is 34.3 Å². The van der Waals surface area contributed by atoms with E-state index in [2.05, 4.69) is 10.2 Å². The first kappa shape index (κ1) is 7.66. The van der Waals surface area contributed by atoms with Gasteiger partial charge in [-0.2, -0.15) is 9.49 Å². The van der Waals surface area contributed by atoms with E-state index in [0.29, 0.717) is 0 Å². The fourth-order valence-electron chi connectivity index (χ4n) is 1.14. The van der Waals surface area contributed by atoms with Gasteiger partial charge < -0.3 is 0 Å². The van der Waals surface area contributed by atoms with E-state index in [0.717, 1.165) is 0 Å². The second-order valence-electron chi connectivity index (χ2n) is 2.47. The highest BCUT2D eigenvalue weighted by atomic mass is 19.1. The van der Waals surface area contributed by atoms with Gasteiger partial charge in [-0.15, -0.1) is 0 Å². The molecule has 0 fully saturated rings. The molecule has 0 aliphatic rings. The van der Waals surface area contributed by atoms with Crippen molar-refractivity contribution in [2.45, 2.75) is 0 Å². The summed E-state index contributed by atoms with van der Waals surface area (Å²) >= 11 is 0. The molecular weight excluding hydrogens is 177 g/mol. The van der Waals surface area contributed by atoms with Crippen molar-refractivity contribution < 1.29 is 9.31 Å². The Kier molecular flexibility index (Phi) is 1.48. The van der Waals surface area contributed by atoms with Crippen molar-refractivity contribution in [3.63, 3.8) is 0 Å². The Bertz CT molecular complexity index is 480. The van der Waals surface area contributed by atoms with Crippen LogP contribution in [0.25, 0.3) is 10.9 Å². The number of nitrogens with zero attached hydrogens (tertiary/aromatic N) is 2. The zero-order chi connectivity index (χ0) is 9.42. The minimum atomic E-state index is -0.654. The number of rotatable bonds is 1. The normalized spacial score (nSPS) is 10.5. The molecule has 0 spiro atoms. The first-order valence-electron chi connectivity index (χ1n) is 3.47. The van der Waals surface area contributed by atoms with Crippen molar-refractivity contribution in [2.24, 2.45) is 0 Å². The lowest BCUT2D eigenvalue weighted by Crippen LogP contribution is -1.88. The molecule has 6 heteroatoms. The molecule has 0 aliphatic carbocycles. The lowest BCUT2D eigenvalue weighted by molar-refractivity contribution is -0.383. The number of hydrogen-bond acceptors (Lipinski definition) is 3. The Morgan fingerprint density at radius 1 is 1.54 bits per heavy atom. The summed E-state index contributed by atoms with van der Waals surface area (Å²) in [5.74, 6) is -0.654. The van der Waals surface area contributed by atoms with Crippen molar-refractivity contribution >= 4 is 16.6 Å². The maximum atomic E-state index is 12.8. The van der Waals surface area contributed by atoms with Gasteiger partial charge in [0.1, 0.15) is 0 Å². The SMILES string of the molecule is O=[N+]([O-])c1cccc2c(F)[nH]nc12. The molecule has 5 nitrogen and oxygen atoms in total. The predicted molar refractivity (Wildman–Crippen MR) is 42.7 cm³/mol. The first-order valence-corrected chi connectivity index (χ1v) is 3.47. The van der Waals surface area contributed by atoms with Gasteiger partial charge in [0.05, 0.1) is 10.3 Å². The molecule has 1 heterocycles. The largest absolute Gasteiger partial charge is 0.297 e. The van der Waals surface area contributed by atoms with Gasteiger partial charge in [0.25, 0.3) is 5.69 Å². The van der Waals surface area contributed by atoms with Crippen molar-refractivity contribution in [2.75, 3.05) is 0 Å². The Hall–Kier alpha value is -1.98. The van der Waals surface area contributed by atoms with E-state index in [1.165, 1.54) is 18.2 Å². The van der Waals surface area contributed by atoms with Crippen molar-refractivity contribution in [1.29, 1.82) is 0 Å². The summed E-state index contributed by atoms with van der Waals surface area (Å²) < 4.78 is 12.8. The van der Waals surface area contributed by atoms with E-state index < -0.39 is 10.9 Å². The molecule has 0 saturated carbocycles. The summed E-state index contributed by atoms with van der Waals surface area (Å²) in [5, 5.41) is 16.1. The summed E-state index contributed by atoms with van der Waals surface area (Å²) in [6.07, 6.45) is 0. The van der Waals surface area contributed by atoms with Crippen LogP contribution in [-0.4, -0.2) is 15.1 Å². The van der Waals surface area contributed by atoms with Gasteiger partial charge in [0.2, 0.25) is 5.95 Å². The number of non-ortho nitro benzene ring substituents is 1. The summed E-state index contributed by atoms with van der Waals surface area (Å²) in [5.41, 5.74) is -0.150. The predicted octanol–water partition coefficient (Wildman–Crippen LogP) is 1.61. The van der Waals surface area contributed by atoms with E-state index in [9.17, 15) is 14.5 Å². The van der Waals surface area contributed by atoms with Crippen molar-refractivity contribution in [3.8, 4) is 0 Å². The van der Waals surface area contributed by atoms with Gasteiger partial charge in [-0.25, -0.2) is 0 Å². The Morgan fingerprint density at radius 2 is 2.31 bits per heavy atom. The van der Waals surface area contributed by atoms with Crippen LogP contribution >= 0.6 is 0 Å². The third-order valence-electron chi connectivity index (χ3n) is 1.71. The van der Waals surface area contributed by atoms with E-state index >= 15 is 0 Å².